The lowest BCUT2D eigenvalue weighted by Gasteiger charge is -2.01. The molecule has 0 aromatic carbocycles. The van der Waals surface area contributed by atoms with E-state index < -0.39 is 0 Å². The Bertz CT molecular complexity index is 341. The zero-order chi connectivity index (χ0) is 10.7. The molecule has 1 fully saturated rings. The zero-order valence-electron chi connectivity index (χ0n) is 9.07. The average molecular weight is 207 g/mol. The number of carbonyl (C=O) groups is 1. The lowest BCUT2D eigenvalue weighted by Crippen LogP contribution is -2.26. The minimum absolute atomic E-state index is 0.217. The largest absolute Gasteiger partial charge is 0.310 e. The molecule has 1 aliphatic rings. The predicted molar refractivity (Wildman–Crippen MR) is 57.5 cm³/mol. The van der Waals surface area contributed by atoms with Crippen LogP contribution in [0.3, 0.4) is 0 Å². The van der Waals surface area contributed by atoms with Crippen molar-refractivity contribution in [2.24, 2.45) is 13.0 Å². The third kappa shape index (κ3) is 3.47. The van der Waals surface area contributed by atoms with Gasteiger partial charge in [0.15, 0.2) is 5.78 Å². The molecular formula is C11H17N3O. The molecule has 4 heteroatoms. The first kappa shape index (κ1) is 10.4. The molecule has 0 saturated heterocycles. The Balaban J connectivity index is 1.67. The molecule has 1 saturated carbocycles. The number of Topliss-reactive ketones (excluding diaryl/α,β-unsaturated/α-hetero) is 1. The number of ketones is 1. The highest BCUT2D eigenvalue weighted by atomic mass is 16.1. The molecule has 1 aliphatic carbocycles. The quantitative estimate of drug-likeness (QED) is 0.740. The van der Waals surface area contributed by atoms with Crippen molar-refractivity contribution in [2.45, 2.75) is 19.3 Å². The molecule has 1 N–H and O–H groups in total. The first-order valence-electron chi connectivity index (χ1n) is 5.45. The highest BCUT2D eigenvalue weighted by molar-refractivity contribution is 5.82. The van der Waals surface area contributed by atoms with E-state index in [1.807, 2.05) is 19.3 Å². The third-order valence-electron chi connectivity index (χ3n) is 2.60. The molecular weight excluding hydrogens is 190 g/mol. The van der Waals surface area contributed by atoms with Crippen molar-refractivity contribution in [3.8, 4) is 0 Å². The van der Waals surface area contributed by atoms with Crippen molar-refractivity contribution in [1.29, 1.82) is 0 Å². The molecule has 1 aromatic rings. The monoisotopic (exact) mass is 207 g/mol. The third-order valence-corrected chi connectivity index (χ3v) is 2.60. The summed E-state index contributed by atoms with van der Waals surface area (Å²) in [5.41, 5.74) is 0.857. The Morgan fingerprint density at radius 2 is 2.47 bits per heavy atom. The second-order valence-electron chi connectivity index (χ2n) is 4.27. The van der Waals surface area contributed by atoms with Gasteiger partial charge in [-0.3, -0.25) is 9.48 Å². The van der Waals surface area contributed by atoms with E-state index in [1.165, 1.54) is 12.8 Å². The van der Waals surface area contributed by atoms with Crippen LogP contribution in [0.1, 0.15) is 18.5 Å². The lowest BCUT2D eigenvalue weighted by atomic mass is 10.2. The molecule has 1 heterocycles. The van der Waals surface area contributed by atoms with Gasteiger partial charge in [-0.25, -0.2) is 0 Å². The highest BCUT2D eigenvalue weighted by Gasteiger charge is 2.20. The van der Waals surface area contributed by atoms with Crippen LogP contribution in [-0.4, -0.2) is 28.7 Å². The standard InChI is InChI=1S/C11H17N3O/c1-14-5-4-10(13-14)6-11(15)8-12-7-9-2-3-9/h4-5,9,12H,2-3,6-8H2,1H3. The van der Waals surface area contributed by atoms with Gasteiger partial charge in [-0.1, -0.05) is 0 Å². The first-order chi connectivity index (χ1) is 7.24. The molecule has 0 atom stereocenters. The summed E-state index contributed by atoms with van der Waals surface area (Å²) in [6.45, 7) is 1.47. The van der Waals surface area contributed by atoms with E-state index in [2.05, 4.69) is 10.4 Å². The van der Waals surface area contributed by atoms with Gasteiger partial charge in [-0.05, 0) is 31.4 Å². The van der Waals surface area contributed by atoms with Crippen molar-refractivity contribution in [1.82, 2.24) is 15.1 Å². The summed E-state index contributed by atoms with van der Waals surface area (Å²) < 4.78 is 1.72. The Labute approximate surface area is 89.7 Å². The molecule has 1 aromatic heterocycles. The maximum atomic E-state index is 11.5. The number of hydrogen-bond donors (Lipinski definition) is 1. The molecule has 0 radical (unpaired) electrons. The van der Waals surface area contributed by atoms with Gasteiger partial charge in [0, 0.05) is 13.2 Å². The van der Waals surface area contributed by atoms with Gasteiger partial charge < -0.3 is 5.32 Å². The number of aromatic nitrogens is 2. The van der Waals surface area contributed by atoms with Crippen molar-refractivity contribution in [2.75, 3.05) is 13.1 Å². The SMILES string of the molecule is Cn1ccc(CC(=O)CNCC2CC2)n1. The maximum absolute atomic E-state index is 11.5. The van der Waals surface area contributed by atoms with Crippen LogP contribution in [0.5, 0.6) is 0 Å². The van der Waals surface area contributed by atoms with E-state index >= 15 is 0 Å². The van der Waals surface area contributed by atoms with Crippen LogP contribution in [0.2, 0.25) is 0 Å². The van der Waals surface area contributed by atoms with Crippen LogP contribution in [0.25, 0.3) is 0 Å². The number of carbonyl (C=O) groups excluding carboxylic acids is 1. The summed E-state index contributed by atoms with van der Waals surface area (Å²) in [5.74, 6) is 1.04. The van der Waals surface area contributed by atoms with Gasteiger partial charge in [0.1, 0.15) is 0 Å². The van der Waals surface area contributed by atoms with E-state index in [-0.39, 0.29) is 5.78 Å². The van der Waals surface area contributed by atoms with E-state index in [0.717, 1.165) is 18.2 Å². The number of nitrogens with zero attached hydrogens (tertiary/aromatic N) is 2. The average Bonchev–Trinajstić information content (AvgIpc) is 2.91. The van der Waals surface area contributed by atoms with E-state index in [9.17, 15) is 4.79 Å². The summed E-state index contributed by atoms with van der Waals surface area (Å²) in [4.78, 5) is 11.5. The molecule has 0 aliphatic heterocycles. The first-order valence-corrected chi connectivity index (χ1v) is 5.45. The Morgan fingerprint density at radius 1 is 1.67 bits per heavy atom. The fourth-order valence-corrected chi connectivity index (χ4v) is 1.56. The molecule has 15 heavy (non-hydrogen) atoms. The Hall–Kier alpha value is -1.16. The van der Waals surface area contributed by atoms with Crippen LogP contribution in [0, 0.1) is 5.92 Å². The fourth-order valence-electron chi connectivity index (χ4n) is 1.56. The van der Waals surface area contributed by atoms with Crippen LogP contribution in [0.15, 0.2) is 12.3 Å². The molecule has 0 spiro atoms. The zero-order valence-corrected chi connectivity index (χ0v) is 9.07. The van der Waals surface area contributed by atoms with Crippen molar-refractivity contribution in [3.05, 3.63) is 18.0 Å². The van der Waals surface area contributed by atoms with E-state index in [4.69, 9.17) is 0 Å². The van der Waals surface area contributed by atoms with Gasteiger partial charge in [-0.2, -0.15) is 5.10 Å². The van der Waals surface area contributed by atoms with E-state index in [1.54, 1.807) is 4.68 Å². The van der Waals surface area contributed by atoms with Crippen LogP contribution < -0.4 is 5.32 Å². The van der Waals surface area contributed by atoms with Crippen molar-refractivity contribution >= 4 is 5.78 Å². The number of hydrogen-bond acceptors (Lipinski definition) is 3. The molecule has 0 unspecified atom stereocenters. The second-order valence-corrected chi connectivity index (χ2v) is 4.27. The van der Waals surface area contributed by atoms with Crippen molar-refractivity contribution < 1.29 is 4.79 Å². The van der Waals surface area contributed by atoms with Crippen molar-refractivity contribution in [3.63, 3.8) is 0 Å². The molecule has 0 bridgehead atoms. The fraction of sp³-hybridized carbons (Fsp3) is 0.636. The molecule has 4 nitrogen and oxygen atoms in total. The van der Waals surface area contributed by atoms with Gasteiger partial charge >= 0.3 is 0 Å². The summed E-state index contributed by atoms with van der Waals surface area (Å²) in [7, 11) is 1.86. The van der Waals surface area contributed by atoms with Gasteiger partial charge in [0.25, 0.3) is 0 Å². The minimum Gasteiger partial charge on any atom is -0.310 e. The Morgan fingerprint density at radius 3 is 3.07 bits per heavy atom. The van der Waals surface area contributed by atoms with Gasteiger partial charge in [-0.15, -0.1) is 0 Å². The Kier molecular flexibility index (Phi) is 3.16. The lowest BCUT2D eigenvalue weighted by molar-refractivity contribution is -0.117. The summed E-state index contributed by atoms with van der Waals surface area (Å²) in [5, 5.41) is 7.36. The maximum Gasteiger partial charge on any atom is 0.152 e. The van der Waals surface area contributed by atoms with Gasteiger partial charge in [0.2, 0.25) is 0 Å². The second kappa shape index (κ2) is 4.57. The predicted octanol–water partition coefficient (Wildman–Crippen LogP) is 0.531. The molecule has 0 amide bonds. The van der Waals surface area contributed by atoms with Crippen LogP contribution in [-0.2, 0) is 18.3 Å². The van der Waals surface area contributed by atoms with Crippen LogP contribution >= 0.6 is 0 Å². The molecule has 82 valence electrons. The molecule has 2 rings (SSSR count). The highest BCUT2D eigenvalue weighted by Crippen LogP contribution is 2.27. The van der Waals surface area contributed by atoms with Crippen LogP contribution in [0.4, 0.5) is 0 Å². The number of aryl methyl sites for hydroxylation is 1. The summed E-state index contributed by atoms with van der Waals surface area (Å²) in [6, 6.07) is 1.89. The number of rotatable bonds is 6. The normalized spacial score (nSPS) is 15.5. The van der Waals surface area contributed by atoms with E-state index in [0.29, 0.717) is 13.0 Å². The summed E-state index contributed by atoms with van der Waals surface area (Å²) >= 11 is 0. The minimum atomic E-state index is 0.217. The summed E-state index contributed by atoms with van der Waals surface area (Å²) in [6.07, 6.45) is 4.95. The number of nitrogens with one attached hydrogen (secondary N) is 1. The van der Waals surface area contributed by atoms with Gasteiger partial charge in [0.05, 0.1) is 18.7 Å². The smallest absolute Gasteiger partial charge is 0.152 e. The topological polar surface area (TPSA) is 46.9 Å².